The summed E-state index contributed by atoms with van der Waals surface area (Å²) < 4.78 is 1.09. The second-order valence-electron chi connectivity index (χ2n) is 4.70. The molecule has 112 valence electrons. The average molecular weight is 326 g/mol. The number of amides is 1. The first-order valence-corrected chi connectivity index (χ1v) is 7.92. The normalized spacial score (nSPS) is 10.8. The minimum Gasteiger partial charge on any atom is -0.481 e. The Labute approximate surface area is 131 Å². The van der Waals surface area contributed by atoms with Crippen LogP contribution in [0.1, 0.15) is 18.9 Å². The van der Waals surface area contributed by atoms with Crippen LogP contribution in [0.2, 0.25) is 5.02 Å². The number of nitrogens with zero attached hydrogens (tertiary/aromatic N) is 1. The monoisotopic (exact) mass is 325 g/mol. The number of rotatable bonds is 6. The van der Waals surface area contributed by atoms with E-state index in [1.165, 1.54) is 0 Å². The summed E-state index contributed by atoms with van der Waals surface area (Å²) in [7, 11) is 0. The summed E-state index contributed by atoms with van der Waals surface area (Å²) >= 11 is 7.58. The van der Waals surface area contributed by atoms with Crippen molar-refractivity contribution in [3.05, 3.63) is 34.2 Å². The molecule has 2 rings (SSSR count). The van der Waals surface area contributed by atoms with E-state index < -0.39 is 5.97 Å². The lowest BCUT2D eigenvalue weighted by Gasteiger charge is -2.19. The standard InChI is InChI=1S/C15H16ClNO3S/c1-2-17(6-5-15(19)20)14(18)7-10-9-21-13-4-3-11(16)8-12(10)13/h3-4,8-9H,2,5-7H2,1H3,(H,19,20). The van der Waals surface area contributed by atoms with Gasteiger partial charge >= 0.3 is 5.97 Å². The number of thiophene rings is 1. The maximum absolute atomic E-state index is 12.3. The molecule has 0 radical (unpaired) electrons. The van der Waals surface area contributed by atoms with E-state index in [9.17, 15) is 9.59 Å². The van der Waals surface area contributed by atoms with Crippen LogP contribution in [0, 0.1) is 0 Å². The van der Waals surface area contributed by atoms with E-state index in [0.29, 0.717) is 11.6 Å². The number of fused-ring (bicyclic) bond motifs is 1. The molecule has 21 heavy (non-hydrogen) atoms. The van der Waals surface area contributed by atoms with Gasteiger partial charge in [0.2, 0.25) is 5.91 Å². The van der Waals surface area contributed by atoms with Crippen molar-refractivity contribution in [2.45, 2.75) is 19.8 Å². The van der Waals surface area contributed by atoms with Crippen molar-refractivity contribution < 1.29 is 14.7 Å². The van der Waals surface area contributed by atoms with Gasteiger partial charge in [0.25, 0.3) is 0 Å². The third-order valence-electron chi connectivity index (χ3n) is 3.29. The number of carboxylic acid groups (broad SMARTS) is 1. The molecule has 1 aromatic heterocycles. The number of likely N-dealkylation sites (N-methyl/N-ethyl adjacent to an activating group) is 1. The smallest absolute Gasteiger partial charge is 0.305 e. The molecule has 0 fully saturated rings. The SMILES string of the molecule is CCN(CCC(=O)O)C(=O)Cc1csc2ccc(Cl)cc12. The Bertz CT molecular complexity index is 668. The molecule has 0 aliphatic rings. The quantitative estimate of drug-likeness (QED) is 0.885. The van der Waals surface area contributed by atoms with Crippen molar-refractivity contribution >= 4 is 44.9 Å². The summed E-state index contributed by atoms with van der Waals surface area (Å²) in [6.07, 6.45) is 0.240. The van der Waals surface area contributed by atoms with E-state index in [4.69, 9.17) is 16.7 Å². The fraction of sp³-hybridized carbons (Fsp3) is 0.333. The molecule has 0 atom stereocenters. The first kappa shape index (κ1) is 15.8. The van der Waals surface area contributed by atoms with Crippen molar-refractivity contribution in [3.8, 4) is 0 Å². The second kappa shape index (κ2) is 6.91. The number of hydrogen-bond acceptors (Lipinski definition) is 3. The molecule has 1 amide bonds. The van der Waals surface area contributed by atoms with Gasteiger partial charge in [0.15, 0.2) is 0 Å². The van der Waals surface area contributed by atoms with Gasteiger partial charge in [-0.05, 0) is 41.5 Å². The van der Waals surface area contributed by atoms with Crippen LogP contribution < -0.4 is 0 Å². The highest BCUT2D eigenvalue weighted by atomic mass is 35.5. The molecule has 0 bridgehead atoms. The van der Waals surface area contributed by atoms with Crippen LogP contribution in [-0.4, -0.2) is 35.0 Å². The average Bonchev–Trinajstić information content (AvgIpc) is 2.81. The molecule has 4 nitrogen and oxygen atoms in total. The van der Waals surface area contributed by atoms with Crippen LogP contribution in [0.15, 0.2) is 23.6 Å². The Kier molecular flexibility index (Phi) is 5.20. The van der Waals surface area contributed by atoms with E-state index >= 15 is 0 Å². The zero-order chi connectivity index (χ0) is 15.4. The number of hydrogen-bond donors (Lipinski definition) is 1. The van der Waals surface area contributed by atoms with Crippen LogP contribution in [0.4, 0.5) is 0 Å². The second-order valence-corrected chi connectivity index (χ2v) is 6.04. The Morgan fingerprint density at radius 3 is 2.81 bits per heavy atom. The van der Waals surface area contributed by atoms with Crippen molar-refractivity contribution in [2.75, 3.05) is 13.1 Å². The minimum absolute atomic E-state index is 0.0320. The summed E-state index contributed by atoms with van der Waals surface area (Å²) in [4.78, 5) is 24.5. The predicted molar refractivity (Wildman–Crippen MR) is 85.0 cm³/mol. The van der Waals surface area contributed by atoms with Crippen molar-refractivity contribution in [2.24, 2.45) is 0 Å². The van der Waals surface area contributed by atoms with Gasteiger partial charge in [0, 0.05) is 22.8 Å². The van der Waals surface area contributed by atoms with Gasteiger partial charge in [0.1, 0.15) is 0 Å². The maximum atomic E-state index is 12.3. The third kappa shape index (κ3) is 3.95. The van der Waals surface area contributed by atoms with E-state index in [2.05, 4.69) is 0 Å². The fourth-order valence-corrected chi connectivity index (χ4v) is 3.27. The molecular weight excluding hydrogens is 310 g/mol. The highest BCUT2D eigenvalue weighted by molar-refractivity contribution is 7.17. The van der Waals surface area contributed by atoms with E-state index in [1.54, 1.807) is 16.2 Å². The van der Waals surface area contributed by atoms with Gasteiger partial charge in [-0.15, -0.1) is 11.3 Å². The maximum Gasteiger partial charge on any atom is 0.305 e. The molecular formula is C15H16ClNO3S. The molecule has 1 N–H and O–H groups in total. The van der Waals surface area contributed by atoms with Crippen molar-refractivity contribution in [1.82, 2.24) is 4.90 Å². The first-order valence-electron chi connectivity index (χ1n) is 6.66. The highest BCUT2D eigenvalue weighted by Crippen LogP contribution is 2.29. The summed E-state index contributed by atoms with van der Waals surface area (Å²) in [6.45, 7) is 2.60. The van der Waals surface area contributed by atoms with Crippen LogP contribution in [0.5, 0.6) is 0 Å². The van der Waals surface area contributed by atoms with Gasteiger partial charge < -0.3 is 10.0 Å². The molecule has 0 aliphatic carbocycles. The van der Waals surface area contributed by atoms with E-state index in [-0.39, 0.29) is 25.3 Å². The van der Waals surface area contributed by atoms with E-state index in [0.717, 1.165) is 15.6 Å². The number of carboxylic acids is 1. The van der Waals surface area contributed by atoms with Gasteiger partial charge in [-0.1, -0.05) is 11.6 Å². The molecule has 0 spiro atoms. The number of carbonyl (C=O) groups is 2. The molecule has 0 saturated carbocycles. The Hall–Kier alpha value is -1.59. The molecule has 2 aromatic rings. The van der Waals surface area contributed by atoms with E-state index in [1.807, 2.05) is 30.5 Å². The molecule has 0 saturated heterocycles. The lowest BCUT2D eigenvalue weighted by atomic mass is 10.1. The topological polar surface area (TPSA) is 57.6 Å². The Morgan fingerprint density at radius 2 is 2.14 bits per heavy atom. The first-order chi connectivity index (χ1) is 10.0. The summed E-state index contributed by atoms with van der Waals surface area (Å²) in [5.74, 6) is -0.951. The highest BCUT2D eigenvalue weighted by Gasteiger charge is 2.16. The molecule has 1 heterocycles. The Balaban J connectivity index is 2.13. The van der Waals surface area contributed by atoms with Gasteiger partial charge in [-0.2, -0.15) is 0 Å². The lowest BCUT2D eigenvalue weighted by Crippen LogP contribution is -2.33. The number of carbonyl (C=O) groups excluding carboxylic acids is 1. The molecule has 0 aliphatic heterocycles. The zero-order valence-electron chi connectivity index (χ0n) is 11.6. The number of aliphatic carboxylic acids is 1. The molecule has 1 aromatic carbocycles. The number of benzene rings is 1. The molecule has 6 heteroatoms. The van der Waals surface area contributed by atoms with Crippen LogP contribution in [0.3, 0.4) is 0 Å². The van der Waals surface area contributed by atoms with Crippen LogP contribution in [0.25, 0.3) is 10.1 Å². The van der Waals surface area contributed by atoms with Crippen molar-refractivity contribution in [1.29, 1.82) is 0 Å². The molecule has 0 unspecified atom stereocenters. The van der Waals surface area contributed by atoms with Gasteiger partial charge in [-0.25, -0.2) is 0 Å². The number of halogens is 1. The summed E-state index contributed by atoms with van der Waals surface area (Å²) in [6, 6.07) is 5.64. The fourth-order valence-electron chi connectivity index (χ4n) is 2.16. The minimum atomic E-state index is -0.894. The third-order valence-corrected chi connectivity index (χ3v) is 4.53. The summed E-state index contributed by atoms with van der Waals surface area (Å²) in [5, 5.41) is 12.3. The summed E-state index contributed by atoms with van der Waals surface area (Å²) in [5.41, 5.74) is 0.941. The van der Waals surface area contributed by atoms with Gasteiger partial charge in [-0.3, -0.25) is 9.59 Å². The lowest BCUT2D eigenvalue weighted by molar-refractivity contribution is -0.138. The van der Waals surface area contributed by atoms with Crippen LogP contribution >= 0.6 is 22.9 Å². The largest absolute Gasteiger partial charge is 0.481 e. The predicted octanol–water partition coefficient (Wildman–Crippen LogP) is 3.42. The van der Waals surface area contributed by atoms with Crippen LogP contribution in [-0.2, 0) is 16.0 Å². The van der Waals surface area contributed by atoms with Crippen molar-refractivity contribution in [3.63, 3.8) is 0 Å². The van der Waals surface area contributed by atoms with Gasteiger partial charge in [0.05, 0.1) is 12.8 Å². The zero-order valence-corrected chi connectivity index (χ0v) is 13.2. The Morgan fingerprint density at radius 1 is 1.38 bits per heavy atom.